The maximum Gasteiger partial charge on any atom is 0.243 e. The number of hydrogen-bond acceptors (Lipinski definition) is 4. The predicted molar refractivity (Wildman–Crippen MR) is 102 cm³/mol. The maximum absolute atomic E-state index is 13.0. The first kappa shape index (κ1) is 20.5. The van der Waals surface area contributed by atoms with Crippen LogP contribution < -0.4 is 10.1 Å². The van der Waals surface area contributed by atoms with Crippen LogP contribution in [-0.2, 0) is 10.0 Å². The molecule has 0 bridgehead atoms. The van der Waals surface area contributed by atoms with Gasteiger partial charge in [0.2, 0.25) is 10.0 Å². The molecule has 0 spiro atoms. The Labute approximate surface area is 157 Å². The van der Waals surface area contributed by atoms with Gasteiger partial charge in [0.25, 0.3) is 0 Å². The molecule has 0 amide bonds. The van der Waals surface area contributed by atoms with Crippen molar-refractivity contribution in [1.82, 2.24) is 9.62 Å². The molecule has 2 aliphatic rings. The number of benzene rings is 1. The molecule has 142 valence electrons. The molecule has 25 heavy (non-hydrogen) atoms. The van der Waals surface area contributed by atoms with Crippen molar-refractivity contribution in [1.29, 1.82) is 0 Å². The number of piperidine rings is 1. The second-order valence-corrected chi connectivity index (χ2v) is 9.02. The topological polar surface area (TPSA) is 58.6 Å². The van der Waals surface area contributed by atoms with Gasteiger partial charge in [0.15, 0.2) is 0 Å². The van der Waals surface area contributed by atoms with Gasteiger partial charge in [-0.25, -0.2) is 8.42 Å². The van der Waals surface area contributed by atoms with E-state index in [4.69, 9.17) is 4.74 Å². The smallest absolute Gasteiger partial charge is 0.243 e. The SMILES string of the molecule is COc1cc(C)c(S(=O)(=O)N2CCC(NCC3CC3)CC2)cc1C.Cl. The lowest BCUT2D eigenvalue weighted by Crippen LogP contribution is -2.45. The van der Waals surface area contributed by atoms with Crippen molar-refractivity contribution in [3.05, 3.63) is 23.3 Å². The first-order valence-electron chi connectivity index (χ1n) is 8.80. The lowest BCUT2D eigenvalue weighted by molar-refractivity contribution is 0.288. The van der Waals surface area contributed by atoms with Crippen LogP contribution in [0, 0.1) is 19.8 Å². The summed E-state index contributed by atoms with van der Waals surface area (Å²) in [5.41, 5.74) is 1.59. The maximum atomic E-state index is 13.0. The van der Waals surface area contributed by atoms with E-state index >= 15 is 0 Å². The van der Waals surface area contributed by atoms with Gasteiger partial charge in [-0.2, -0.15) is 4.31 Å². The molecule has 5 nitrogen and oxygen atoms in total. The van der Waals surface area contributed by atoms with E-state index in [1.54, 1.807) is 17.5 Å². The molecule has 0 unspecified atom stereocenters. The lowest BCUT2D eigenvalue weighted by Gasteiger charge is -2.32. The highest BCUT2D eigenvalue weighted by atomic mass is 35.5. The van der Waals surface area contributed by atoms with Gasteiger partial charge in [0, 0.05) is 19.1 Å². The van der Waals surface area contributed by atoms with Gasteiger partial charge in [-0.3, -0.25) is 0 Å². The Bertz CT molecular complexity index is 697. The molecule has 0 aromatic heterocycles. The van der Waals surface area contributed by atoms with Crippen molar-refractivity contribution >= 4 is 22.4 Å². The van der Waals surface area contributed by atoms with E-state index in [1.807, 2.05) is 19.9 Å². The minimum absolute atomic E-state index is 0. The number of ether oxygens (including phenoxy) is 1. The van der Waals surface area contributed by atoms with E-state index in [0.717, 1.165) is 42.2 Å². The number of rotatable bonds is 6. The molecule has 1 heterocycles. The Morgan fingerprint density at radius 1 is 1.12 bits per heavy atom. The first-order valence-corrected chi connectivity index (χ1v) is 10.2. The largest absolute Gasteiger partial charge is 0.496 e. The second kappa shape index (κ2) is 8.25. The van der Waals surface area contributed by atoms with Crippen molar-refractivity contribution < 1.29 is 13.2 Å². The highest BCUT2D eigenvalue weighted by Gasteiger charge is 2.31. The third-order valence-corrected chi connectivity index (χ3v) is 7.20. The zero-order valence-corrected chi connectivity index (χ0v) is 16.9. The number of methoxy groups -OCH3 is 1. The summed E-state index contributed by atoms with van der Waals surface area (Å²) < 4.78 is 32.9. The molecule has 1 aliphatic carbocycles. The fourth-order valence-corrected chi connectivity index (χ4v) is 5.12. The van der Waals surface area contributed by atoms with E-state index in [2.05, 4.69) is 5.32 Å². The minimum Gasteiger partial charge on any atom is -0.496 e. The van der Waals surface area contributed by atoms with E-state index < -0.39 is 10.0 Å². The summed E-state index contributed by atoms with van der Waals surface area (Å²) in [4.78, 5) is 0.408. The van der Waals surface area contributed by atoms with E-state index in [1.165, 1.54) is 12.8 Å². The number of hydrogen-bond donors (Lipinski definition) is 1. The molecule has 1 saturated heterocycles. The molecule has 3 rings (SSSR count). The number of nitrogens with zero attached hydrogens (tertiary/aromatic N) is 1. The number of aryl methyl sites for hydroxylation is 2. The normalized spacial score (nSPS) is 19.5. The van der Waals surface area contributed by atoms with Gasteiger partial charge in [-0.05, 0) is 75.3 Å². The second-order valence-electron chi connectivity index (χ2n) is 7.12. The van der Waals surface area contributed by atoms with Crippen molar-refractivity contribution in [2.45, 2.75) is 50.5 Å². The van der Waals surface area contributed by atoms with Gasteiger partial charge in [-0.1, -0.05) is 0 Å². The Morgan fingerprint density at radius 2 is 1.76 bits per heavy atom. The Kier molecular flexibility index (Phi) is 6.76. The third kappa shape index (κ3) is 4.67. The van der Waals surface area contributed by atoms with E-state index in [-0.39, 0.29) is 12.4 Å². The number of halogens is 1. The third-order valence-electron chi connectivity index (χ3n) is 5.16. The molecule has 1 saturated carbocycles. The van der Waals surface area contributed by atoms with Crippen molar-refractivity contribution in [3.63, 3.8) is 0 Å². The summed E-state index contributed by atoms with van der Waals surface area (Å²) in [5.74, 6) is 1.59. The highest BCUT2D eigenvalue weighted by Crippen LogP contribution is 2.30. The van der Waals surface area contributed by atoms with Crippen LogP contribution in [0.5, 0.6) is 5.75 Å². The average molecular weight is 389 g/mol. The lowest BCUT2D eigenvalue weighted by atomic mass is 10.1. The summed E-state index contributed by atoms with van der Waals surface area (Å²) >= 11 is 0. The van der Waals surface area contributed by atoms with Crippen LogP contribution in [0.1, 0.15) is 36.8 Å². The van der Waals surface area contributed by atoms with Crippen molar-refractivity contribution in [2.75, 3.05) is 26.7 Å². The molecule has 2 fully saturated rings. The standard InChI is InChI=1S/C18H28N2O3S.ClH/c1-13-11-18(14(2)10-17(13)23-3)24(21,22)20-8-6-16(7-9-20)19-12-15-4-5-15;/h10-11,15-16,19H,4-9,12H2,1-3H3;1H. The molecule has 1 aromatic rings. The molecule has 0 atom stereocenters. The van der Waals surface area contributed by atoms with Crippen LogP contribution in [0.15, 0.2) is 17.0 Å². The Balaban J connectivity index is 0.00000225. The van der Waals surface area contributed by atoms with E-state index in [0.29, 0.717) is 24.0 Å². The Hall–Kier alpha value is -0.820. The van der Waals surface area contributed by atoms with Crippen LogP contribution in [0.3, 0.4) is 0 Å². The molecule has 7 heteroatoms. The van der Waals surface area contributed by atoms with Crippen LogP contribution in [0.25, 0.3) is 0 Å². The van der Waals surface area contributed by atoms with Crippen LogP contribution in [0.2, 0.25) is 0 Å². The van der Waals surface area contributed by atoms with Crippen LogP contribution >= 0.6 is 12.4 Å². The van der Waals surface area contributed by atoms with Gasteiger partial charge >= 0.3 is 0 Å². The van der Waals surface area contributed by atoms with Crippen LogP contribution in [0.4, 0.5) is 0 Å². The quantitative estimate of drug-likeness (QED) is 0.814. The van der Waals surface area contributed by atoms with Gasteiger partial charge in [0.05, 0.1) is 12.0 Å². The molecule has 1 aliphatic heterocycles. The summed E-state index contributed by atoms with van der Waals surface area (Å²) in [6, 6.07) is 4.00. The highest BCUT2D eigenvalue weighted by molar-refractivity contribution is 7.89. The van der Waals surface area contributed by atoms with Crippen molar-refractivity contribution in [2.24, 2.45) is 5.92 Å². The van der Waals surface area contributed by atoms with Crippen LogP contribution in [-0.4, -0.2) is 45.5 Å². The molecular weight excluding hydrogens is 360 g/mol. The molecule has 0 radical (unpaired) electrons. The van der Waals surface area contributed by atoms with Crippen molar-refractivity contribution in [3.8, 4) is 5.75 Å². The van der Waals surface area contributed by atoms with Gasteiger partial charge < -0.3 is 10.1 Å². The zero-order chi connectivity index (χ0) is 17.3. The predicted octanol–water partition coefficient (Wildman–Crippen LogP) is 2.89. The summed E-state index contributed by atoms with van der Waals surface area (Å²) in [5, 5.41) is 3.59. The molecular formula is C18H29ClN2O3S. The molecule has 1 aromatic carbocycles. The average Bonchev–Trinajstić information content (AvgIpc) is 3.39. The fourth-order valence-electron chi connectivity index (χ4n) is 3.36. The van der Waals surface area contributed by atoms with Gasteiger partial charge in [0.1, 0.15) is 5.75 Å². The summed E-state index contributed by atoms with van der Waals surface area (Å²) in [7, 11) is -1.83. The summed E-state index contributed by atoms with van der Waals surface area (Å²) in [6.45, 7) is 5.99. The van der Waals surface area contributed by atoms with E-state index in [9.17, 15) is 8.42 Å². The fraction of sp³-hybridized carbons (Fsp3) is 0.667. The monoisotopic (exact) mass is 388 g/mol. The zero-order valence-electron chi connectivity index (χ0n) is 15.2. The first-order chi connectivity index (χ1) is 11.4. The Morgan fingerprint density at radius 3 is 2.32 bits per heavy atom. The molecule has 1 N–H and O–H groups in total. The summed E-state index contributed by atoms with van der Waals surface area (Å²) in [6.07, 6.45) is 4.47. The minimum atomic E-state index is -3.43. The number of nitrogens with one attached hydrogen (secondary N) is 1. The van der Waals surface area contributed by atoms with Gasteiger partial charge in [-0.15, -0.1) is 12.4 Å². The number of sulfonamides is 1.